The van der Waals surface area contributed by atoms with Gasteiger partial charge in [0.05, 0.1) is 24.6 Å². The Hall–Kier alpha value is -1.95. The van der Waals surface area contributed by atoms with E-state index in [0.29, 0.717) is 35.4 Å². The molecule has 1 amide bonds. The van der Waals surface area contributed by atoms with Crippen LogP contribution in [0.2, 0.25) is 0 Å². The van der Waals surface area contributed by atoms with E-state index in [4.69, 9.17) is 19.9 Å². The molecule has 0 aliphatic carbocycles. The van der Waals surface area contributed by atoms with Gasteiger partial charge >= 0.3 is 0 Å². The second kappa shape index (κ2) is 4.97. The maximum atomic E-state index is 11.3. The second-order valence-corrected chi connectivity index (χ2v) is 4.76. The van der Waals surface area contributed by atoms with E-state index in [2.05, 4.69) is 5.32 Å². The summed E-state index contributed by atoms with van der Waals surface area (Å²) in [7, 11) is 0. The number of carbonyl (C=O) groups is 1. The molecule has 2 heterocycles. The van der Waals surface area contributed by atoms with Gasteiger partial charge in [-0.15, -0.1) is 0 Å². The summed E-state index contributed by atoms with van der Waals surface area (Å²) in [4.78, 5) is 11.3. The molecule has 6 heteroatoms. The fourth-order valence-corrected chi connectivity index (χ4v) is 2.17. The molecule has 0 bridgehead atoms. The highest BCUT2D eigenvalue weighted by Gasteiger charge is 2.20. The number of carbonyl (C=O) groups excluding carboxylic acids is 1. The zero-order valence-corrected chi connectivity index (χ0v) is 10.5. The van der Waals surface area contributed by atoms with Crippen molar-refractivity contribution in [3.05, 3.63) is 12.1 Å². The quantitative estimate of drug-likeness (QED) is 0.796. The molecule has 0 spiro atoms. The number of rotatable bonds is 3. The average molecular weight is 264 g/mol. The largest absolute Gasteiger partial charge is 0.491 e. The van der Waals surface area contributed by atoms with Crippen molar-refractivity contribution >= 4 is 17.3 Å². The van der Waals surface area contributed by atoms with Gasteiger partial charge in [-0.2, -0.15) is 0 Å². The van der Waals surface area contributed by atoms with E-state index in [9.17, 15) is 4.79 Å². The van der Waals surface area contributed by atoms with Crippen molar-refractivity contribution in [2.45, 2.75) is 6.42 Å². The van der Waals surface area contributed by atoms with Crippen molar-refractivity contribution in [3.63, 3.8) is 0 Å². The predicted octanol–water partition coefficient (Wildman–Crippen LogP) is 1.01. The molecule has 1 aromatic carbocycles. The first-order chi connectivity index (χ1) is 9.22. The fourth-order valence-electron chi connectivity index (χ4n) is 2.17. The van der Waals surface area contributed by atoms with Crippen molar-refractivity contribution in [2.75, 3.05) is 37.5 Å². The lowest BCUT2D eigenvalue weighted by Crippen LogP contribution is -2.25. The number of hydrogen-bond donors (Lipinski definition) is 2. The first-order valence-electron chi connectivity index (χ1n) is 6.29. The maximum absolute atomic E-state index is 11.3. The van der Waals surface area contributed by atoms with Crippen molar-refractivity contribution in [1.82, 2.24) is 0 Å². The van der Waals surface area contributed by atoms with Crippen molar-refractivity contribution < 1.29 is 19.0 Å². The number of nitrogen functional groups attached to an aromatic ring is 1. The van der Waals surface area contributed by atoms with Crippen LogP contribution in [0, 0.1) is 5.92 Å². The van der Waals surface area contributed by atoms with Gasteiger partial charge in [0.15, 0.2) is 6.61 Å². The minimum Gasteiger partial charge on any atom is -0.491 e. The molecule has 1 unspecified atom stereocenters. The zero-order valence-electron chi connectivity index (χ0n) is 10.5. The number of nitrogens with two attached hydrogens (primary N) is 1. The van der Waals surface area contributed by atoms with Crippen LogP contribution in [0.15, 0.2) is 12.1 Å². The minimum atomic E-state index is -0.174. The van der Waals surface area contributed by atoms with E-state index in [0.717, 1.165) is 19.6 Å². The van der Waals surface area contributed by atoms with Gasteiger partial charge < -0.3 is 25.3 Å². The van der Waals surface area contributed by atoms with E-state index in [1.807, 2.05) is 0 Å². The lowest BCUT2D eigenvalue weighted by molar-refractivity contribution is -0.118. The normalized spacial score (nSPS) is 21.5. The Morgan fingerprint density at radius 2 is 2.37 bits per heavy atom. The van der Waals surface area contributed by atoms with Crippen LogP contribution in [-0.4, -0.2) is 32.3 Å². The monoisotopic (exact) mass is 264 g/mol. The summed E-state index contributed by atoms with van der Waals surface area (Å²) in [5.41, 5.74) is 7.02. The third-order valence-corrected chi connectivity index (χ3v) is 3.24. The Kier molecular flexibility index (Phi) is 3.16. The van der Waals surface area contributed by atoms with Gasteiger partial charge in [0.25, 0.3) is 5.91 Å². The van der Waals surface area contributed by atoms with Crippen molar-refractivity contribution in [2.24, 2.45) is 5.92 Å². The van der Waals surface area contributed by atoms with E-state index in [1.54, 1.807) is 12.1 Å². The Labute approximate surface area is 110 Å². The minimum absolute atomic E-state index is 0.0199. The molecule has 1 atom stereocenters. The van der Waals surface area contributed by atoms with E-state index >= 15 is 0 Å². The van der Waals surface area contributed by atoms with Crippen LogP contribution in [-0.2, 0) is 9.53 Å². The molecule has 19 heavy (non-hydrogen) atoms. The fraction of sp³-hybridized carbons (Fsp3) is 0.462. The zero-order chi connectivity index (χ0) is 13.2. The number of nitrogens with one attached hydrogen (secondary N) is 1. The number of amides is 1. The molecule has 1 fully saturated rings. The van der Waals surface area contributed by atoms with Crippen LogP contribution in [0.1, 0.15) is 6.42 Å². The van der Waals surface area contributed by atoms with Gasteiger partial charge in [-0.25, -0.2) is 0 Å². The molecule has 6 nitrogen and oxygen atoms in total. The number of fused-ring (bicyclic) bond motifs is 1. The highest BCUT2D eigenvalue weighted by Crippen LogP contribution is 2.36. The van der Waals surface area contributed by atoms with Crippen LogP contribution in [0.3, 0.4) is 0 Å². The topological polar surface area (TPSA) is 82.8 Å². The van der Waals surface area contributed by atoms with Crippen LogP contribution in [0.25, 0.3) is 0 Å². The molecule has 2 aliphatic heterocycles. The van der Waals surface area contributed by atoms with Crippen molar-refractivity contribution in [1.29, 1.82) is 0 Å². The standard InChI is InChI=1S/C13H16N2O4/c14-9-3-12-10(15-13(16)7-19-12)4-11(9)18-6-8-1-2-17-5-8/h3-4,8H,1-2,5-7,14H2,(H,15,16). The van der Waals surface area contributed by atoms with Gasteiger partial charge in [-0.1, -0.05) is 0 Å². The van der Waals surface area contributed by atoms with E-state index < -0.39 is 0 Å². The highest BCUT2D eigenvalue weighted by molar-refractivity contribution is 5.96. The molecular weight excluding hydrogens is 248 g/mol. The average Bonchev–Trinajstić information content (AvgIpc) is 2.90. The molecule has 1 aromatic rings. The second-order valence-electron chi connectivity index (χ2n) is 4.76. The van der Waals surface area contributed by atoms with Gasteiger partial charge in [0.2, 0.25) is 0 Å². The SMILES string of the molecule is Nc1cc2c(cc1OCC1CCOC1)NC(=O)CO2. The number of hydrogen-bond acceptors (Lipinski definition) is 5. The van der Waals surface area contributed by atoms with Crippen molar-refractivity contribution in [3.8, 4) is 11.5 Å². The summed E-state index contributed by atoms with van der Waals surface area (Å²) in [6.45, 7) is 2.10. The molecule has 3 N–H and O–H groups in total. The van der Waals surface area contributed by atoms with Crippen LogP contribution in [0.5, 0.6) is 11.5 Å². The Morgan fingerprint density at radius 3 is 3.16 bits per heavy atom. The van der Waals surface area contributed by atoms with Gasteiger partial charge in [0, 0.05) is 24.7 Å². The smallest absolute Gasteiger partial charge is 0.262 e. The van der Waals surface area contributed by atoms with E-state index in [1.165, 1.54) is 0 Å². The maximum Gasteiger partial charge on any atom is 0.262 e. The predicted molar refractivity (Wildman–Crippen MR) is 69.4 cm³/mol. The Bertz CT molecular complexity index is 498. The van der Waals surface area contributed by atoms with Crippen LogP contribution in [0.4, 0.5) is 11.4 Å². The Morgan fingerprint density at radius 1 is 1.47 bits per heavy atom. The first kappa shape index (κ1) is 12.1. The number of anilines is 2. The third-order valence-electron chi connectivity index (χ3n) is 3.24. The molecule has 3 rings (SSSR count). The van der Waals surface area contributed by atoms with Gasteiger partial charge in [0.1, 0.15) is 11.5 Å². The lowest BCUT2D eigenvalue weighted by atomic mass is 10.1. The van der Waals surface area contributed by atoms with Gasteiger partial charge in [-0.05, 0) is 6.42 Å². The summed E-state index contributed by atoms with van der Waals surface area (Å²) >= 11 is 0. The highest BCUT2D eigenvalue weighted by atomic mass is 16.5. The lowest BCUT2D eigenvalue weighted by Gasteiger charge is -2.20. The van der Waals surface area contributed by atoms with Crippen LogP contribution >= 0.6 is 0 Å². The summed E-state index contributed by atoms with van der Waals surface area (Å²) in [5.74, 6) is 1.37. The van der Waals surface area contributed by atoms with E-state index in [-0.39, 0.29) is 12.5 Å². The number of ether oxygens (including phenoxy) is 3. The molecule has 2 aliphatic rings. The third kappa shape index (κ3) is 2.58. The molecule has 102 valence electrons. The van der Waals surface area contributed by atoms with Crippen LogP contribution < -0.4 is 20.5 Å². The Balaban J connectivity index is 1.73. The summed E-state index contributed by atoms with van der Waals surface area (Å²) in [6.07, 6.45) is 1.00. The summed E-state index contributed by atoms with van der Waals surface area (Å²) < 4.78 is 16.3. The molecule has 0 saturated carbocycles. The van der Waals surface area contributed by atoms with Gasteiger partial charge in [-0.3, -0.25) is 4.79 Å². The first-order valence-corrected chi connectivity index (χ1v) is 6.29. The molecular formula is C13H16N2O4. The molecule has 1 saturated heterocycles. The summed E-state index contributed by atoms with van der Waals surface area (Å²) in [5, 5.41) is 2.73. The number of benzene rings is 1. The molecule has 0 radical (unpaired) electrons. The molecule has 0 aromatic heterocycles. The summed E-state index contributed by atoms with van der Waals surface area (Å²) in [6, 6.07) is 3.38.